The Balaban J connectivity index is 1.74. The van der Waals surface area contributed by atoms with Gasteiger partial charge in [-0.2, -0.15) is 5.26 Å². The molecule has 0 radical (unpaired) electrons. The van der Waals surface area contributed by atoms with Gasteiger partial charge in [-0.3, -0.25) is 4.90 Å². The predicted molar refractivity (Wildman–Crippen MR) is 84.1 cm³/mol. The van der Waals surface area contributed by atoms with Crippen LogP contribution in [-0.4, -0.2) is 41.4 Å². The van der Waals surface area contributed by atoms with E-state index in [1.165, 1.54) is 12.1 Å². The second kappa shape index (κ2) is 6.56. The molecule has 0 saturated carbocycles. The summed E-state index contributed by atoms with van der Waals surface area (Å²) in [5.41, 5.74) is 0.238. The van der Waals surface area contributed by atoms with Gasteiger partial charge in [-0.25, -0.2) is 4.39 Å². The summed E-state index contributed by atoms with van der Waals surface area (Å²) in [5, 5.41) is 19.5. The summed E-state index contributed by atoms with van der Waals surface area (Å²) in [6.07, 6.45) is 2.77. The topological polar surface area (TPSA) is 56.5 Å². The Morgan fingerprint density at radius 1 is 1.52 bits per heavy atom. The van der Waals surface area contributed by atoms with Crippen LogP contribution in [0, 0.1) is 23.1 Å². The lowest BCUT2D eigenvalue weighted by molar-refractivity contribution is -0.123. The van der Waals surface area contributed by atoms with Gasteiger partial charge in [0.1, 0.15) is 11.9 Å². The van der Waals surface area contributed by atoms with E-state index in [4.69, 9.17) is 10.00 Å². The van der Waals surface area contributed by atoms with Crippen molar-refractivity contribution in [3.8, 4) is 6.07 Å². The van der Waals surface area contributed by atoms with E-state index in [-0.39, 0.29) is 17.5 Å². The van der Waals surface area contributed by atoms with Crippen molar-refractivity contribution in [1.29, 1.82) is 5.26 Å². The van der Waals surface area contributed by atoms with Crippen molar-refractivity contribution in [2.24, 2.45) is 5.92 Å². The van der Waals surface area contributed by atoms with E-state index < -0.39 is 11.4 Å². The number of halogens is 1. The normalized spacial score (nSPS) is 31.9. The van der Waals surface area contributed by atoms with Crippen LogP contribution < -0.4 is 0 Å². The monoisotopic (exact) mass is 318 g/mol. The zero-order valence-electron chi connectivity index (χ0n) is 13.5. The molecule has 0 amide bonds. The maximum atomic E-state index is 13.8. The molecule has 2 heterocycles. The number of hydrogen-bond acceptors (Lipinski definition) is 4. The predicted octanol–water partition coefficient (Wildman–Crippen LogP) is 2.45. The van der Waals surface area contributed by atoms with Gasteiger partial charge in [0.25, 0.3) is 0 Å². The molecule has 23 heavy (non-hydrogen) atoms. The maximum Gasteiger partial charge on any atom is 0.141 e. The first-order chi connectivity index (χ1) is 11.0. The van der Waals surface area contributed by atoms with Crippen molar-refractivity contribution in [3.63, 3.8) is 0 Å². The van der Waals surface area contributed by atoms with Crippen molar-refractivity contribution >= 4 is 0 Å². The molecule has 2 saturated heterocycles. The molecule has 124 valence electrons. The zero-order chi connectivity index (χ0) is 16.4. The lowest BCUT2D eigenvalue weighted by Crippen LogP contribution is -2.52. The number of ether oxygens (including phenoxy) is 1. The molecule has 1 aromatic carbocycles. The summed E-state index contributed by atoms with van der Waals surface area (Å²) in [7, 11) is 0. The zero-order valence-corrected chi connectivity index (χ0v) is 13.5. The molecule has 0 spiro atoms. The average molecular weight is 318 g/mol. The standard InChI is InChI=1S/C18H23FN2O2/c1-18(22)6-8-23-12-15(18)17-3-2-7-21(17)11-13-4-5-14(10-20)16(19)9-13/h4-5,9,15,17,22H,2-3,6-8,11-12H2,1H3. The summed E-state index contributed by atoms with van der Waals surface area (Å²) >= 11 is 0. The number of nitrogens with zero attached hydrogens (tertiary/aromatic N) is 2. The van der Waals surface area contributed by atoms with Gasteiger partial charge >= 0.3 is 0 Å². The number of benzene rings is 1. The Morgan fingerprint density at radius 2 is 2.35 bits per heavy atom. The fourth-order valence-electron chi connectivity index (χ4n) is 3.87. The summed E-state index contributed by atoms with van der Waals surface area (Å²) in [6, 6.07) is 6.90. The largest absolute Gasteiger partial charge is 0.390 e. The molecule has 0 bridgehead atoms. The lowest BCUT2D eigenvalue weighted by atomic mass is 9.79. The first-order valence-electron chi connectivity index (χ1n) is 8.24. The maximum absolute atomic E-state index is 13.8. The quantitative estimate of drug-likeness (QED) is 0.930. The Hall–Kier alpha value is -1.48. The number of hydrogen-bond donors (Lipinski definition) is 1. The Labute approximate surface area is 136 Å². The molecule has 3 atom stereocenters. The molecule has 2 fully saturated rings. The molecule has 0 aromatic heterocycles. The van der Waals surface area contributed by atoms with Crippen molar-refractivity contribution < 1.29 is 14.2 Å². The molecule has 5 heteroatoms. The van der Waals surface area contributed by atoms with E-state index in [9.17, 15) is 9.50 Å². The second-order valence-electron chi connectivity index (χ2n) is 6.89. The number of nitriles is 1. The van der Waals surface area contributed by atoms with Gasteiger partial charge < -0.3 is 9.84 Å². The molecule has 1 N–H and O–H groups in total. The summed E-state index contributed by atoms with van der Waals surface area (Å²) < 4.78 is 19.4. The highest BCUT2D eigenvalue weighted by Crippen LogP contribution is 2.36. The minimum absolute atomic E-state index is 0.0790. The minimum atomic E-state index is -0.707. The fourth-order valence-corrected chi connectivity index (χ4v) is 3.87. The van der Waals surface area contributed by atoms with E-state index in [2.05, 4.69) is 4.90 Å². The highest BCUT2D eigenvalue weighted by molar-refractivity contribution is 5.33. The van der Waals surface area contributed by atoms with Crippen molar-refractivity contribution in [2.45, 2.75) is 44.4 Å². The van der Waals surface area contributed by atoms with Crippen LogP contribution >= 0.6 is 0 Å². The first kappa shape index (κ1) is 16.4. The minimum Gasteiger partial charge on any atom is -0.390 e. The molecular formula is C18H23FN2O2. The molecule has 1 aromatic rings. The Morgan fingerprint density at radius 3 is 3.04 bits per heavy atom. The molecule has 2 aliphatic rings. The number of likely N-dealkylation sites (tertiary alicyclic amines) is 1. The summed E-state index contributed by atoms with van der Waals surface area (Å²) in [6.45, 7) is 4.67. The lowest BCUT2D eigenvalue weighted by Gasteiger charge is -2.43. The third kappa shape index (κ3) is 3.40. The van der Waals surface area contributed by atoms with E-state index >= 15 is 0 Å². The molecule has 4 nitrogen and oxygen atoms in total. The molecular weight excluding hydrogens is 295 g/mol. The van der Waals surface area contributed by atoms with Crippen LogP contribution in [0.25, 0.3) is 0 Å². The highest BCUT2D eigenvalue weighted by atomic mass is 19.1. The molecule has 2 aliphatic heterocycles. The molecule has 0 aliphatic carbocycles. The second-order valence-corrected chi connectivity index (χ2v) is 6.89. The van der Waals surface area contributed by atoms with Crippen LogP contribution in [0.3, 0.4) is 0 Å². The fraction of sp³-hybridized carbons (Fsp3) is 0.611. The van der Waals surface area contributed by atoms with Gasteiger partial charge in [-0.05, 0) is 50.4 Å². The Bertz CT molecular complexity index is 612. The van der Waals surface area contributed by atoms with E-state index in [1.807, 2.05) is 19.1 Å². The average Bonchev–Trinajstić information content (AvgIpc) is 2.95. The third-order valence-corrected chi connectivity index (χ3v) is 5.27. The SMILES string of the molecule is CC1(O)CCOCC1C1CCCN1Cc1ccc(C#N)c(F)c1. The van der Waals surface area contributed by atoms with Gasteiger partial charge in [-0.15, -0.1) is 0 Å². The van der Waals surface area contributed by atoms with Gasteiger partial charge in [0.2, 0.25) is 0 Å². The van der Waals surface area contributed by atoms with Crippen molar-refractivity contribution in [1.82, 2.24) is 4.90 Å². The van der Waals surface area contributed by atoms with Crippen LogP contribution in [0.4, 0.5) is 4.39 Å². The van der Waals surface area contributed by atoms with Crippen LogP contribution in [-0.2, 0) is 11.3 Å². The van der Waals surface area contributed by atoms with Crippen molar-refractivity contribution in [3.05, 3.63) is 35.1 Å². The first-order valence-corrected chi connectivity index (χ1v) is 8.24. The van der Waals surface area contributed by atoms with Gasteiger partial charge in [0, 0.05) is 25.1 Å². The number of aliphatic hydroxyl groups is 1. The Kier molecular flexibility index (Phi) is 4.67. The van der Waals surface area contributed by atoms with Gasteiger partial charge in [0.05, 0.1) is 17.8 Å². The van der Waals surface area contributed by atoms with E-state index in [0.717, 1.165) is 24.9 Å². The third-order valence-electron chi connectivity index (χ3n) is 5.27. The summed E-state index contributed by atoms with van der Waals surface area (Å²) in [4.78, 5) is 2.31. The van der Waals surface area contributed by atoms with Crippen LogP contribution in [0.1, 0.15) is 37.3 Å². The van der Waals surface area contributed by atoms with Crippen LogP contribution in [0.15, 0.2) is 18.2 Å². The molecule has 3 rings (SSSR count). The molecule has 3 unspecified atom stereocenters. The van der Waals surface area contributed by atoms with Crippen LogP contribution in [0.5, 0.6) is 0 Å². The highest BCUT2D eigenvalue weighted by Gasteiger charge is 2.43. The van der Waals surface area contributed by atoms with Gasteiger partial charge in [-0.1, -0.05) is 6.07 Å². The van der Waals surface area contributed by atoms with Gasteiger partial charge in [0.15, 0.2) is 0 Å². The smallest absolute Gasteiger partial charge is 0.141 e. The van der Waals surface area contributed by atoms with Crippen molar-refractivity contribution in [2.75, 3.05) is 19.8 Å². The number of rotatable bonds is 3. The van der Waals surface area contributed by atoms with Crippen LogP contribution in [0.2, 0.25) is 0 Å². The van der Waals surface area contributed by atoms with E-state index in [0.29, 0.717) is 26.2 Å². The van der Waals surface area contributed by atoms with E-state index in [1.54, 1.807) is 0 Å². The summed E-state index contributed by atoms with van der Waals surface area (Å²) in [5.74, 6) is -0.379.